The molecule has 0 saturated carbocycles. The average Bonchev–Trinajstić information content (AvgIpc) is 2.90. The molecule has 3 unspecified atom stereocenters. The number of quaternary nitrogens is 1. The van der Waals surface area contributed by atoms with Gasteiger partial charge >= 0.3 is 11.9 Å². The highest BCUT2D eigenvalue weighted by Gasteiger charge is 2.39. The van der Waals surface area contributed by atoms with Crippen LogP contribution in [0.1, 0.15) is 130 Å². The summed E-state index contributed by atoms with van der Waals surface area (Å²) in [6.07, 6.45) is 21.1. The third kappa shape index (κ3) is 17.4. The molecule has 228 valence electrons. The Morgan fingerprint density at radius 3 is 1.38 bits per heavy atom. The Morgan fingerprint density at radius 2 is 1.00 bits per heavy atom. The summed E-state index contributed by atoms with van der Waals surface area (Å²) in [6, 6.07) is 0. The first-order chi connectivity index (χ1) is 18.7. The van der Waals surface area contributed by atoms with Crippen molar-refractivity contribution in [3.8, 4) is 0 Å². The van der Waals surface area contributed by atoms with E-state index in [-0.39, 0.29) is 24.1 Å². The highest BCUT2D eigenvalue weighted by atomic mass is 16.4. The molecule has 0 amide bonds. The van der Waals surface area contributed by atoms with Crippen LogP contribution in [0.3, 0.4) is 0 Å². The van der Waals surface area contributed by atoms with Crippen LogP contribution >= 0.6 is 0 Å². The second-order valence-corrected chi connectivity index (χ2v) is 11.5. The van der Waals surface area contributed by atoms with Crippen LogP contribution in [-0.4, -0.2) is 58.8 Å². The van der Waals surface area contributed by atoms with Crippen LogP contribution in [0.15, 0.2) is 12.2 Å². The standard InChI is InChI=1S/C32H59NO6/c1-5-9-10-11-12-13-14-15-16-17-18-19-20-21-22-23-33(24-27(6-2)30(34)35,25-28(7-3)31(36)37)26-29(8-4)32(38)39/h15-16,27-29H,5-14,17-26H2,1-4H3,(H2-,34,35,36,37,38,39)/b16-15+. The van der Waals surface area contributed by atoms with Crippen LogP contribution in [0.4, 0.5) is 0 Å². The molecular formula is C32H59NO6. The van der Waals surface area contributed by atoms with E-state index in [0.717, 1.165) is 38.5 Å². The molecule has 0 aliphatic rings. The minimum Gasteiger partial charge on any atom is -0.550 e. The molecule has 0 aliphatic carbocycles. The normalized spacial score (nSPS) is 15.6. The third-order valence-electron chi connectivity index (χ3n) is 8.23. The van der Waals surface area contributed by atoms with Crippen molar-refractivity contribution in [1.29, 1.82) is 0 Å². The Bertz CT molecular complexity index is 632. The molecule has 0 aromatic carbocycles. The van der Waals surface area contributed by atoms with Gasteiger partial charge in [0.2, 0.25) is 0 Å². The summed E-state index contributed by atoms with van der Waals surface area (Å²) >= 11 is 0. The summed E-state index contributed by atoms with van der Waals surface area (Å²) in [4.78, 5) is 35.7. The van der Waals surface area contributed by atoms with E-state index >= 15 is 0 Å². The Labute approximate surface area is 238 Å². The van der Waals surface area contributed by atoms with Crippen molar-refractivity contribution in [3.05, 3.63) is 12.2 Å². The van der Waals surface area contributed by atoms with Crippen LogP contribution in [0, 0.1) is 17.8 Å². The molecule has 0 saturated heterocycles. The Hall–Kier alpha value is -1.89. The molecule has 0 fully saturated rings. The lowest BCUT2D eigenvalue weighted by molar-refractivity contribution is -0.935. The summed E-state index contributed by atoms with van der Waals surface area (Å²) in [5.41, 5.74) is 0. The number of carbonyl (C=O) groups is 3. The van der Waals surface area contributed by atoms with E-state index in [4.69, 9.17) is 0 Å². The molecular weight excluding hydrogens is 494 g/mol. The van der Waals surface area contributed by atoms with E-state index < -0.39 is 35.7 Å². The number of allylic oxidation sites excluding steroid dienone is 2. The predicted octanol–water partition coefficient (Wildman–Crippen LogP) is 6.45. The fourth-order valence-electron chi connectivity index (χ4n) is 5.55. The number of carbonyl (C=O) groups excluding carboxylic acids is 1. The second kappa shape index (κ2) is 22.9. The van der Waals surface area contributed by atoms with Crippen molar-refractivity contribution in [2.75, 3.05) is 26.2 Å². The molecule has 0 bridgehead atoms. The van der Waals surface area contributed by atoms with Crippen LogP contribution < -0.4 is 5.11 Å². The SMILES string of the molecule is CCCCCCCC/C=C/CCCCCCC[N+](CC(CC)C(=O)[O-])(CC(CC)C(=O)O)CC(CC)C(=O)O. The number of unbranched alkanes of at least 4 members (excludes halogenated alkanes) is 11. The minimum atomic E-state index is -1.14. The summed E-state index contributed by atoms with van der Waals surface area (Å²) in [5.74, 6) is -4.97. The Kier molecular flexibility index (Phi) is 21.8. The lowest BCUT2D eigenvalue weighted by atomic mass is 9.95. The summed E-state index contributed by atoms with van der Waals surface area (Å²) in [5, 5.41) is 31.4. The van der Waals surface area contributed by atoms with Crippen LogP contribution in [0.25, 0.3) is 0 Å². The fourth-order valence-corrected chi connectivity index (χ4v) is 5.55. The molecule has 2 N–H and O–H groups in total. The first-order valence-electron chi connectivity index (χ1n) is 15.8. The number of rotatable bonds is 27. The number of carboxylic acid groups (broad SMARTS) is 3. The lowest BCUT2D eigenvalue weighted by Crippen LogP contribution is -2.59. The summed E-state index contributed by atoms with van der Waals surface area (Å²) in [6.45, 7) is 8.99. The number of hydrogen-bond donors (Lipinski definition) is 2. The third-order valence-corrected chi connectivity index (χ3v) is 8.23. The van der Waals surface area contributed by atoms with Crippen LogP contribution in [-0.2, 0) is 14.4 Å². The van der Waals surface area contributed by atoms with Crippen molar-refractivity contribution >= 4 is 17.9 Å². The van der Waals surface area contributed by atoms with Crippen LogP contribution in [0.2, 0.25) is 0 Å². The average molecular weight is 554 g/mol. The van der Waals surface area contributed by atoms with Gasteiger partial charge in [0.05, 0.1) is 32.1 Å². The van der Waals surface area contributed by atoms with E-state index in [1.54, 1.807) is 6.92 Å². The maximum Gasteiger partial charge on any atom is 0.312 e. The van der Waals surface area contributed by atoms with E-state index in [1.807, 2.05) is 13.8 Å². The van der Waals surface area contributed by atoms with Crippen molar-refractivity contribution in [2.45, 2.75) is 130 Å². The van der Waals surface area contributed by atoms with Gasteiger partial charge < -0.3 is 24.6 Å². The van der Waals surface area contributed by atoms with Gasteiger partial charge in [0.1, 0.15) is 11.8 Å². The quantitative estimate of drug-likeness (QED) is 0.0686. The van der Waals surface area contributed by atoms with Gasteiger partial charge in [-0.1, -0.05) is 84.8 Å². The monoisotopic (exact) mass is 553 g/mol. The van der Waals surface area contributed by atoms with Gasteiger partial charge in [-0.05, 0) is 57.8 Å². The molecule has 0 aliphatic heterocycles. The van der Waals surface area contributed by atoms with E-state index in [1.165, 1.54) is 44.9 Å². The Balaban J connectivity index is 4.99. The van der Waals surface area contributed by atoms with Gasteiger partial charge in [-0.25, -0.2) is 0 Å². The van der Waals surface area contributed by atoms with Crippen molar-refractivity contribution < 1.29 is 34.2 Å². The van der Waals surface area contributed by atoms with Gasteiger partial charge in [-0.3, -0.25) is 9.59 Å². The Morgan fingerprint density at radius 1 is 0.615 bits per heavy atom. The van der Waals surface area contributed by atoms with Gasteiger partial charge in [-0.2, -0.15) is 0 Å². The second-order valence-electron chi connectivity index (χ2n) is 11.5. The van der Waals surface area contributed by atoms with Gasteiger partial charge in [0, 0.05) is 5.92 Å². The molecule has 39 heavy (non-hydrogen) atoms. The molecule has 0 spiro atoms. The highest BCUT2D eigenvalue weighted by molar-refractivity contribution is 5.70. The van der Waals surface area contributed by atoms with Crippen molar-refractivity contribution in [1.82, 2.24) is 0 Å². The number of carboxylic acids is 3. The molecule has 0 aromatic rings. The molecule has 0 rings (SSSR count). The zero-order chi connectivity index (χ0) is 29.5. The smallest absolute Gasteiger partial charge is 0.312 e. The summed E-state index contributed by atoms with van der Waals surface area (Å²) < 4.78 is 0.212. The van der Waals surface area contributed by atoms with Crippen molar-refractivity contribution in [3.63, 3.8) is 0 Å². The molecule has 0 heterocycles. The number of nitrogens with zero attached hydrogens (tertiary/aromatic N) is 1. The predicted molar refractivity (Wildman–Crippen MR) is 156 cm³/mol. The molecule has 0 radical (unpaired) electrons. The topological polar surface area (TPSA) is 115 Å². The minimum absolute atomic E-state index is 0.212. The van der Waals surface area contributed by atoms with Gasteiger partial charge in [-0.15, -0.1) is 0 Å². The van der Waals surface area contributed by atoms with E-state index in [0.29, 0.717) is 25.8 Å². The lowest BCUT2D eigenvalue weighted by Gasteiger charge is -2.44. The maximum absolute atomic E-state index is 11.9. The molecule has 7 heteroatoms. The van der Waals surface area contributed by atoms with E-state index in [9.17, 15) is 29.7 Å². The maximum atomic E-state index is 11.9. The van der Waals surface area contributed by atoms with Gasteiger partial charge in [0.15, 0.2) is 0 Å². The number of aliphatic carboxylic acids is 3. The summed E-state index contributed by atoms with van der Waals surface area (Å²) in [7, 11) is 0. The van der Waals surface area contributed by atoms with Gasteiger partial charge in [0.25, 0.3) is 0 Å². The first-order valence-corrected chi connectivity index (χ1v) is 15.8. The zero-order valence-electron chi connectivity index (χ0n) is 25.5. The largest absolute Gasteiger partial charge is 0.550 e. The zero-order valence-corrected chi connectivity index (χ0v) is 25.5. The van der Waals surface area contributed by atoms with Crippen LogP contribution in [0.5, 0.6) is 0 Å². The van der Waals surface area contributed by atoms with E-state index in [2.05, 4.69) is 19.1 Å². The fraction of sp³-hybridized carbons (Fsp3) is 0.844. The first kappa shape index (κ1) is 37.1. The molecule has 0 aromatic heterocycles. The highest BCUT2D eigenvalue weighted by Crippen LogP contribution is 2.25. The molecule has 7 nitrogen and oxygen atoms in total. The number of hydrogen-bond acceptors (Lipinski definition) is 4. The molecule has 3 atom stereocenters. The van der Waals surface area contributed by atoms with Crippen molar-refractivity contribution in [2.24, 2.45) is 17.8 Å².